The van der Waals surface area contributed by atoms with Gasteiger partial charge in [-0.15, -0.1) is 0 Å². The van der Waals surface area contributed by atoms with Crippen LogP contribution >= 0.6 is 0 Å². The molecule has 0 saturated heterocycles. The number of carbonyl (C=O) groups is 1. The lowest BCUT2D eigenvalue weighted by atomic mass is 10.2. The summed E-state index contributed by atoms with van der Waals surface area (Å²) in [6.45, 7) is 0.160. The third-order valence-electron chi connectivity index (χ3n) is 2.46. The Hall–Kier alpha value is -2.56. The molecular weight excluding hydrogens is 247 g/mol. The Morgan fingerprint density at radius 1 is 1.21 bits per heavy atom. The quantitative estimate of drug-likeness (QED) is 0.833. The summed E-state index contributed by atoms with van der Waals surface area (Å²) in [5, 5.41) is 2.45. The smallest absolute Gasteiger partial charge is 0.412 e. The predicted octanol–water partition coefficient (Wildman–Crippen LogP) is 3.16. The molecule has 98 valence electrons. The second-order valence-corrected chi connectivity index (χ2v) is 3.92. The van der Waals surface area contributed by atoms with Crippen LogP contribution in [0.1, 0.15) is 5.56 Å². The van der Waals surface area contributed by atoms with E-state index < -0.39 is 11.9 Å². The maximum absolute atomic E-state index is 12.8. The molecule has 0 unspecified atom stereocenters. The van der Waals surface area contributed by atoms with Crippen molar-refractivity contribution in [2.75, 3.05) is 11.1 Å². The summed E-state index contributed by atoms with van der Waals surface area (Å²) in [5.41, 5.74) is 6.91. The Balaban J connectivity index is 1.91. The van der Waals surface area contributed by atoms with Gasteiger partial charge in [0.1, 0.15) is 12.4 Å². The highest BCUT2D eigenvalue weighted by Crippen LogP contribution is 2.19. The van der Waals surface area contributed by atoms with E-state index in [2.05, 4.69) is 5.32 Å². The largest absolute Gasteiger partial charge is 0.444 e. The van der Waals surface area contributed by atoms with Crippen LogP contribution in [0.3, 0.4) is 0 Å². The molecule has 0 heterocycles. The number of ether oxygens (including phenoxy) is 1. The lowest BCUT2D eigenvalue weighted by Crippen LogP contribution is -2.14. The number of nitrogens with two attached hydrogens (primary N) is 1. The summed E-state index contributed by atoms with van der Waals surface area (Å²) in [4.78, 5) is 11.5. The first-order valence-electron chi connectivity index (χ1n) is 5.68. The van der Waals surface area contributed by atoms with Crippen LogP contribution in [-0.4, -0.2) is 6.09 Å². The van der Waals surface area contributed by atoms with Gasteiger partial charge in [0.25, 0.3) is 0 Å². The minimum atomic E-state index is -0.637. The number of hydrogen-bond acceptors (Lipinski definition) is 3. The number of nitrogens with one attached hydrogen (secondary N) is 1. The Kier molecular flexibility index (Phi) is 3.97. The maximum atomic E-state index is 12.8. The second kappa shape index (κ2) is 5.86. The first-order chi connectivity index (χ1) is 9.15. The van der Waals surface area contributed by atoms with Gasteiger partial charge in [-0.1, -0.05) is 30.3 Å². The van der Waals surface area contributed by atoms with Crippen molar-refractivity contribution in [1.82, 2.24) is 0 Å². The maximum Gasteiger partial charge on any atom is 0.412 e. The first-order valence-corrected chi connectivity index (χ1v) is 5.68. The molecule has 2 aromatic rings. The van der Waals surface area contributed by atoms with Gasteiger partial charge < -0.3 is 10.5 Å². The van der Waals surface area contributed by atoms with Gasteiger partial charge in [-0.2, -0.15) is 0 Å². The molecule has 0 aliphatic carbocycles. The number of hydrogen-bond donors (Lipinski definition) is 2. The van der Waals surface area contributed by atoms with Gasteiger partial charge >= 0.3 is 6.09 Å². The summed E-state index contributed by atoms with van der Waals surface area (Å²) < 4.78 is 17.8. The Labute approximate surface area is 110 Å². The average molecular weight is 260 g/mol. The van der Waals surface area contributed by atoms with E-state index in [1.807, 2.05) is 30.3 Å². The lowest BCUT2D eigenvalue weighted by Gasteiger charge is -2.09. The van der Waals surface area contributed by atoms with E-state index in [0.717, 1.165) is 11.6 Å². The number of rotatable bonds is 3. The summed E-state index contributed by atoms with van der Waals surface area (Å²) in [7, 11) is 0. The zero-order valence-electron chi connectivity index (χ0n) is 10.1. The molecule has 0 radical (unpaired) electrons. The zero-order chi connectivity index (χ0) is 13.7. The van der Waals surface area contributed by atoms with E-state index in [1.165, 1.54) is 12.1 Å². The van der Waals surface area contributed by atoms with Crippen LogP contribution < -0.4 is 11.1 Å². The molecule has 0 spiro atoms. The topological polar surface area (TPSA) is 64.3 Å². The molecule has 0 aliphatic rings. The van der Waals surface area contributed by atoms with Crippen molar-refractivity contribution in [3.05, 3.63) is 59.9 Å². The number of nitrogen functional groups attached to an aromatic ring is 1. The molecule has 4 nitrogen and oxygen atoms in total. The molecule has 19 heavy (non-hydrogen) atoms. The Morgan fingerprint density at radius 3 is 2.63 bits per heavy atom. The van der Waals surface area contributed by atoms with Crippen LogP contribution in [0.25, 0.3) is 0 Å². The third kappa shape index (κ3) is 3.70. The fourth-order valence-electron chi connectivity index (χ4n) is 1.52. The van der Waals surface area contributed by atoms with Gasteiger partial charge in [-0.3, -0.25) is 5.32 Å². The number of benzene rings is 2. The van der Waals surface area contributed by atoms with Gasteiger partial charge in [0.15, 0.2) is 0 Å². The summed E-state index contributed by atoms with van der Waals surface area (Å²) in [6, 6.07) is 13.0. The van der Waals surface area contributed by atoms with Crippen LogP contribution in [0.2, 0.25) is 0 Å². The van der Waals surface area contributed by atoms with Gasteiger partial charge in [0.05, 0.1) is 11.4 Å². The van der Waals surface area contributed by atoms with Crippen molar-refractivity contribution in [1.29, 1.82) is 0 Å². The molecule has 0 aliphatic heterocycles. The molecule has 3 N–H and O–H groups in total. The lowest BCUT2D eigenvalue weighted by molar-refractivity contribution is 0.155. The molecule has 5 heteroatoms. The monoisotopic (exact) mass is 260 g/mol. The number of anilines is 2. The Morgan fingerprint density at radius 2 is 1.95 bits per heavy atom. The van der Waals surface area contributed by atoms with Gasteiger partial charge in [-0.05, 0) is 23.8 Å². The van der Waals surface area contributed by atoms with Crippen LogP contribution in [0.4, 0.5) is 20.6 Å². The minimum absolute atomic E-state index is 0.150. The minimum Gasteiger partial charge on any atom is -0.444 e. The molecule has 2 aromatic carbocycles. The average Bonchev–Trinajstić information content (AvgIpc) is 2.41. The van der Waals surface area contributed by atoms with E-state index in [1.54, 1.807) is 0 Å². The summed E-state index contributed by atoms with van der Waals surface area (Å²) >= 11 is 0. The summed E-state index contributed by atoms with van der Waals surface area (Å²) in [6.07, 6.45) is -0.637. The van der Waals surface area contributed by atoms with Crippen LogP contribution in [0.5, 0.6) is 0 Å². The molecule has 0 atom stereocenters. The van der Waals surface area contributed by atoms with Crippen molar-refractivity contribution in [3.63, 3.8) is 0 Å². The van der Waals surface area contributed by atoms with Crippen molar-refractivity contribution in [2.45, 2.75) is 6.61 Å². The van der Waals surface area contributed by atoms with E-state index in [4.69, 9.17) is 10.5 Å². The second-order valence-electron chi connectivity index (χ2n) is 3.92. The fraction of sp³-hybridized carbons (Fsp3) is 0.0714. The number of halogens is 1. The normalized spacial score (nSPS) is 9.95. The molecule has 2 rings (SSSR count). The van der Waals surface area contributed by atoms with E-state index >= 15 is 0 Å². The SMILES string of the molecule is Nc1cc(F)ccc1NC(=O)OCc1ccccc1. The van der Waals surface area contributed by atoms with E-state index in [-0.39, 0.29) is 12.3 Å². The third-order valence-corrected chi connectivity index (χ3v) is 2.46. The van der Waals surface area contributed by atoms with Crippen molar-refractivity contribution >= 4 is 17.5 Å². The van der Waals surface area contributed by atoms with E-state index in [0.29, 0.717) is 5.69 Å². The van der Waals surface area contributed by atoms with Crippen LogP contribution in [0, 0.1) is 5.82 Å². The van der Waals surface area contributed by atoms with E-state index in [9.17, 15) is 9.18 Å². The Bertz CT molecular complexity index is 573. The van der Waals surface area contributed by atoms with Crippen molar-refractivity contribution in [3.8, 4) is 0 Å². The standard InChI is InChI=1S/C14H13FN2O2/c15-11-6-7-13(12(16)8-11)17-14(18)19-9-10-4-2-1-3-5-10/h1-8H,9,16H2,(H,17,18). The highest BCUT2D eigenvalue weighted by molar-refractivity contribution is 5.88. The predicted molar refractivity (Wildman–Crippen MR) is 71.1 cm³/mol. The zero-order valence-corrected chi connectivity index (χ0v) is 10.1. The van der Waals surface area contributed by atoms with Gasteiger partial charge in [-0.25, -0.2) is 9.18 Å². The molecule has 0 saturated carbocycles. The first kappa shape index (κ1) is 12.9. The molecule has 1 amide bonds. The molecular formula is C14H13FN2O2. The van der Waals surface area contributed by atoms with Crippen LogP contribution in [0.15, 0.2) is 48.5 Å². The fourth-order valence-corrected chi connectivity index (χ4v) is 1.52. The highest BCUT2D eigenvalue weighted by Gasteiger charge is 2.07. The van der Waals surface area contributed by atoms with Crippen LogP contribution in [-0.2, 0) is 11.3 Å². The molecule has 0 bridgehead atoms. The summed E-state index contributed by atoms with van der Waals surface area (Å²) in [5.74, 6) is -0.458. The van der Waals surface area contributed by atoms with Gasteiger partial charge in [0, 0.05) is 0 Å². The number of carbonyl (C=O) groups excluding carboxylic acids is 1. The number of amides is 1. The molecule has 0 aromatic heterocycles. The van der Waals surface area contributed by atoms with Crippen molar-refractivity contribution < 1.29 is 13.9 Å². The highest BCUT2D eigenvalue weighted by atomic mass is 19.1. The molecule has 0 fully saturated rings. The van der Waals surface area contributed by atoms with Crippen molar-refractivity contribution in [2.24, 2.45) is 0 Å². The van der Waals surface area contributed by atoms with Gasteiger partial charge in [0.2, 0.25) is 0 Å².